The number of aliphatic hydroxyl groups is 2. The van der Waals surface area contributed by atoms with E-state index in [4.69, 9.17) is 23.7 Å². The van der Waals surface area contributed by atoms with Crippen LogP contribution < -0.4 is 5.32 Å². The number of hydrogen-bond donors (Lipinski definition) is 3. The molecular weight excluding hydrogens is 795 g/mol. The second-order valence-electron chi connectivity index (χ2n) is 16.9. The smallest absolute Gasteiger partial charge is 0.338 e. The van der Waals surface area contributed by atoms with E-state index in [1.807, 2.05) is 0 Å². The maximum atomic E-state index is 15.4. The van der Waals surface area contributed by atoms with Gasteiger partial charge in [0.2, 0.25) is 0 Å². The minimum absolute atomic E-state index is 0.114. The van der Waals surface area contributed by atoms with Gasteiger partial charge in [-0.25, -0.2) is 9.59 Å². The van der Waals surface area contributed by atoms with Crippen molar-refractivity contribution in [1.82, 2.24) is 5.32 Å². The van der Waals surface area contributed by atoms with E-state index in [1.165, 1.54) is 30.4 Å². The number of amides is 1. The van der Waals surface area contributed by atoms with Gasteiger partial charge in [0.25, 0.3) is 5.91 Å². The summed E-state index contributed by atoms with van der Waals surface area (Å²) in [6.45, 7) is 8.63. The summed E-state index contributed by atoms with van der Waals surface area (Å²) in [5.41, 5.74) is -6.07. The Bertz CT molecular complexity index is 2210. The molecule has 318 valence electrons. The van der Waals surface area contributed by atoms with E-state index in [0.29, 0.717) is 10.4 Å². The lowest BCUT2D eigenvalue weighted by Gasteiger charge is -2.66. The molecule has 15 heteroatoms. The van der Waals surface area contributed by atoms with Gasteiger partial charge in [-0.1, -0.05) is 75.4 Å². The molecule has 3 aromatic rings. The van der Waals surface area contributed by atoms with Crippen LogP contribution in [0.15, 0.2) is 89.3 Å². The minimum Gasteiger partial charge on any atom is -0.456 e. The van der Waals surface area contributed by atoms with Gasteiger partial charge in [-0.2, -0.15) is 0 Å². The average molecular weight is 844 g/mol. The molecule has 0 radical (unpaired) electrons. The van der Waals surface area contributed by atoms with Gasteiger partial charge < -0.3 is 39.2 Å². The number of nitrogens with one attached hydrogen (secondary N) is 1. The van der Waals surface area contributed by atoms with Crippen molar-refractivity contribution < 1.29 is 62.7 Å². The Labute approximate surface area is 351 Å². The van der Waals surface area contributed by atoms with Crippen LogP contribution in [0.4, 0.5) is 0 Å². The Hall–Kier alpha value is -5.22. The monoisotopic (exact) mass is 843 g/mol. The van der Waals surface area contributed by atoms with Gasteiger partial charge in [-0.05, 0) is 60.1 Å². The predicted octanol–water partition coefficient (Wildman–Crippen LogP) is 4.83. The lowest BCUT2D eigenvalue weighted by molar-refractivity contribution is -0.332. The molecule has 1 amide bonds. The van der Waals surface area contributed by atoms with Gasteiger partial charge in [0, 0.05) is 31.1 Å². The van der Waals surface area contributed by atoms with Crippen molar-refractivity contribution in [3.8, 4) is 0 Å². The summed E-state index contributed by atoms with van der Waals surface area (Å²) >= 11 is 1.17. The lowest BCUT2D eigenvalue weighted by Crippen LogP contribution is -2.79. The van der Waals surface area contributed by atoms with Gasteiger partial charge in [0.05, 0.1) is 29.0 Å². The summed E-state index contributed by atoms with van der Waals surface area (Å²) in [5, 5.41) is 29.8. The number of aliphatic hydroxyl groups excluding tert-OH is 1. The summed E-state index contributed by atoms with van der Waals surface area (Å²) in [7, 11) is 0. The number of ketones is 1. The predicted molar refractivity (Wildman–Crippen MR) is 214 cm³/mol. The number of ether oxygens (including phenoxy) is 5. The lowest BCUT2D eigenvalue weighted by atomic mass is 9.45. The Balaban J connectivity index is 1.38. The maximum absolute atomic E-state index is 15.4. The van der Waals surface area contributed by atoms with Crippen LogP contribution in [0.25, 0.3) is 0 Å². The van der Waals surface area contributed by atoms with Crippen molar-refractivity contribution in [2.75, 3.05) is 6.61 Å². The van der Waals surface area contributed by atoms with Crippen molar-refractivity contribution in [1.29, 1.82) is 0 Å². The second kappa shape index (κ2) is 16.0. The highest BCUT2D eigenvalue weighted by atomic mass is 32.1. The quantitative estimate of drug-likeness (QED) is 0.143. The van der Waals surface area contributed by atoms with E-state index in [9.17, 15) is 34.2 Å². The summed E-state index contributed by atoms with van der Waals surface area (Å²) < 4.78 is 30.5. The number of Topliss-reactive ketones (excluding diaryl/α,β-unsaturated/α-hetero) is 1. The Morgan fingerprint density at radius 1 is 0.900 bits per heavy atom. The van der Waals surface area contributed by atoms with Gasteiger partial charge in [0.15, 0.2) is 23.6 Å². The normalized spacial score (nSPS) is 31.3. The number of thiophene rings is 1. The van der Waals surface area contributed by atoms with Gasteiger partial charge in [0.1, 0.15) is 23.9 Å². The molecule has 3 fully saturated rings. The molecule has 4 aliphatic rings. The number of carbonyl (C=O) groups is 6. The first-order valence-corrected chi connectivity index (χ1v) is 20.7. The van der Waals surface area contributed by atoms with Crippen LogP contribution in [0.1, 0.15) is 92.4 Å². The number of esters is 4. The zero-order valence-corrected chi connectivity index (χ0v) is 35.0. The molecule has 2 unspecified atom stereocenters. The molecule has 3 aliphatic carbocycles. The zero-order chi connectivity index (χ0) is 43.4. The van der Waals surface area contributed by atoms with E-state index in [-0.39, 0.29) is 36.2 Å². The van der Waals surface area contributed by atoms with Crippen molar-refractivity contribution in [3.63, 3.8) is 0 Å². The third kappa shape index (κ3) is 7.14. The first-order chi connectivity index (χ1) is 28.4. The molecule has 60 heavy (non-hydrogen) atoms. The van der Waals surface area contributed by atoms with Gasteiger partial charge in [-0.15, -0.1) is 11.3 Å². The number of fused-ring (bicyclic) bond motifs is 5. The molecular formula is C45H49NO13S. The number of rotatable bonds is 10. The highest BCUT2D eigenvalue weighted by molar-refractivity contribution is 7.12. The Morgan fingerprint density at radius 3 is 2.15 bits per heavy atom. The van der Waals surface area contributed by atoms with Crippen LogP contribution in [-0.2, 0) is 42.9 Å². The molecule has 0 spiro atoms. The molecule has 2 saturated carbocycles. The fourth-order valence-electron chi connectivity index (χ4n) is 10.0. The molecule has 10 atom stereocenters. The number of carbonyl (C=O) groups excluding carboxylic acids is 6. The first kappa shape index (κ1) is 42.9. The fourth-order valence-corrected chi connectivity index (χ4v) is 10.6. The molecule has 1 aliphatic heterocycles. The van der Waals surface area contributed by atoms with E-state index >= 15 is 4.79 Å². The fraction of sp³-hybridized carbons (Fsp3) is 0.467. The standard InChI is InChI=1S/C45H49NO13S/c1-24-29(57-41(53)34(49)33(27-14-9-7-10-15-27)46-39(51)30-18-13-21-60-30)22-45(54)38(58-40(52)28-16-11-8-12-17-28)36-43(6,20-19-31-44(36,23-55-31)59-26(3)48)37(50)35(56-25(2)47)32(24)42(45,4)5/h7-18,21,29,31,33-36,38,49,54H,19-20,22-23H2,1-6H3,(H,46,51)/t29-,31+,33-,34+,35+,36?,38?,43+,44-,45+/m0/s1. The molecule has 3 N–H and O–H groups in total. The van der Waals surface area contributed by atoms with E-state index in [1.54, 1.807) is 93.7 Å². The second-order valence-corrected chi connectivity index (χ2v) is 17.8. The van der Waals surface area contributed by atoms with Crippen LogP contribution in [0.3, 0.4) is 0 Å². The van der Waals surface area contributed by atoms with Crippen molar-refractivity contribution >= 4 is 46.9 Å². The molecule has 1 aromatic heterocycles. The van der Waals surface area contributed by atoms with Crippen LogP contribution in [-0.4, -0.2) is 94.1 Å². The zero-order valence-electron chi connectivity index (χ0n) is 34.2. The molecule has 2 aromatic carbocycles. The summed E-state index contributed by atoms with van der Waals surface area (Å²) in [5.74, 6) is -5.95. The Kier molecular flexibility index (Phi) is 11.4. The van der Waals surface area contributed by atoms with E-state index < -0.39 is 107 Å². The van der Waals surface area contributed by atoms with Crippen LogP contribution in [0.5, 0.6) is 0 Å². The van der Waals surface area contributed by atoms with E-state index in [2.05, 4.69) is 5.32 Å². The maximum Gasteiger partial charge on any atom is 0.338 e. The summed E-state index contributed by atoms with van der Waals surface area (Å²) in [4.78, 5) is 83.4. The van der Waals surface area contributed by atoms with Crippen LogP contribution in [0.2, 0.25) is 0 Å². The number of hydrogen-bond acceptors (Lipinski definition) is 14. The van der Waals surface area contributed by atoms with Gasteiger partial charge in [-0.3, -0.25) is 19.2 Å². The van der Waals surface area contributed by atoms with E-state index in [0.717, 1.165) is 6.92 Å². The molecule has 7 rings (SSSR count). The largest absolute Gasteiger partial charge is 0.456 e. The van der Waals surface area contributed by atoms with Crippen molar-refractivity contribution in [3.05, 3.63) is 105 Å². The van der Waals surface area contributed by atoms with Crippen molar-refractivity contribution in [2.45, 2.75) is 109 Å². The Morgan fingerprint density at radius 2 is 1.57 bits per heavy atom. The third-order valence-corrected chi connectivity index (χ3v) is 13.9. The van der Waals surface area contributed by atoms with Crippen LogP contribution in [0, 0.1) is 16.7 Å². The van der Waals surface area contributed by atoms with Crippen molar-refractivity contribution in [2.24, 2.45) is 16.7 Å². The average Bonchev–Trinajstić information content (AvgIpc) is 3.75. The molecule has 2 bridgehead atoms. The van der Waals surface area contributed by atoms with Crippen LogP contribution >= 0.6 is 11.3 Å². The molecule has 2 heterocycles. The summed E-state index contributed by atoms with van der Waals surface area (Å²) in [6.07, 6.45) is -7.51. The third-order valence-electron chi connectivity index (χ3n) is 13.1. The van der Waals surface area contributed by atoms with Gasteiger partial charge >= 0.3 is 23.9 Å². The first-order valence-electron chi connectivity index (χ1n) is 19.9. The minimum atomic E-state index is -2.26. The molecule has 14 nitrogen and oxygen atoms in total. The highest BCUT2D eigenvalue weighted by Crippen LogP contribution is 2.64. The topological polar surface area (TPSA) is 201 Å². The molecule has 1 saturated heterocycles. The summed E-state index contributed by atoms with van der Waals surface area (Å²) in [6, 6.07) is 18.4. The SMILES string of the molecule is CC(=O)O[C@H]1C(=O)[C@]2(C)CC[C@H]3OC[C@@]3(OC(C)=O)C2C(OC(=O)c2ccccc2)[C@]2(O)C[C@H](OC(=O)[C@H](O)[C@@H](NC(=O)c3cccs3)c3ccccc3)C(C)=C1C2(C)C. The highest BCUT2D eigenvalue weighted by Gasteiger charge is 2.76. The number of benzene rings is 2.